The highest BCUT2D eigenvalue weighted by atomic mass is 16.5. The number of ether oxygens (including phenoxy) is 1. The summed E-state index contributed by atoms with van der Waals surface area (Å²) in [7, 11) is 1.59. The van der Waals surface area contributed by atoms with Crippen molar-refractivity contribution in [3.8, 4) is 5.75 Å². The van der Waals surface area contributed by atoms with E-state index in [-0.39, 0.29) is 5.91 Å². The van der Waals surface area contributed by atoms with Gasteiger partial charge in [-0.3, -0.25) is 4.79 Å². The molecule has 0 bridgehead atoms. The van der Waals surface area contributed by atoms with Gasteiger partial charge >= 0.3 is 0 Å². The number of carbonyl (C=O) groups excluding carboxylic acids is 1. The fourth-order valence-corrected chi connectivity index (χ4v) is 2.85. The van der Waals surface area contributed by atoms with E-state index in [1.54, 1.807) is 25.3 Å². The molecule has 4 heteroatoms. The first kappa shape index (κ1) is 14.7. The molecule has 1 fully saturated rings. The van der Waals surface area contributed by atoms with Crippen LogP contribution in [-0.4, -0.2) is 31.0 Å². The molecule has 4 nitrogen and oxygen atoms in total. The van der Waals surface area contributed by atoms with Crippen molar-refractivity contribution in [2.24, 2.45) is 5.92 Å². The van der Waals surface area contributed by atoms with Gasteiger partial charge in [0.05, 0.1) is 12.7 Å². The minimum absolute atomic E-state index is 0.0244. The van der Waals surface area contributed by atoms with Crippen LogP contribution in [-0.2, 0) is 0 Å². The Labute approximate surface area is 120 Å². The van der Waals surface area contributed by atoms with E-state index in [1.807, 2.05) is 4.90 Å². The van der Waals surface area contributed by atoms with E-state index in [9.17, 15) is 4.79 Å². The summed E-state index contributed by atoms with van der Waals surface area (Å²) in [6, 6.07) is 5.24. The van der Waals surface area contributed by atoms with Crippen LogP contribution in [0.2, 0.25) is 0 Å². The number of amides is 1. The highest BCUT2D eigenvalue weighted by Gasteiger charge is 2.24. The molecule has 0 atom stereocenters. The number of nitrogens with two attached hydrogens (primary N) is 1. The number of anilines is 1. The molecular weight excluding hydrogens is 252 g/mol. The number of methoxy groups -OCH3 is 1. The Morgan fingerprint density at radius 2 is 2.10 bits per heavy atom. The number of benzene rings is 1. The van der Waals surface area contributed by atoms with Gasteiger partial charge in [-0.05, 0) is 37.0 Å². The Kier molecular flexibility index (Phi) is 4.88. The molecule has 1 aliphatic rings. The summed E-state index contributed by atoms with van der Waals surface area (Å²) < 4.78 is 5.17. The lowest BCUT2D eigenvalue weighted by atomic mass is 9.92. The third-order valence-electron chi connectivity index (χ3n) is 4.09. The predicted molar refractivity (Wildman–Crippen MR) is 80.9 cm³/mol. The number of hydrogen-bond acceptors (Lipinski definition) is 3. The first-order chi connectivity index (χ1) is 9.65. The van der Waals surface area contributed by atoms with Gasteiger partial charge in [0.2, 0.25) is 0 Å². The van der Waals surface area contributed by atoms with Gasteiger partial charge in [0.25, 0.3) is 5.91 Å². The number of nitrogen functional groups attached to an aromatic ring is 1. The monoisotopic (exact) mass is 276 g/mol. The Morgan fingerprint density at radius 3 is 2.70 bits per heavy atom. The van der Waals surface area contributed by atoms with Crippen molar-refractivity contribution in [2.75, 3.05) is 25.9 Å². The van der Waals surface area contributed by atoms with Crippen molar-refractivity contribution in [1.82, 2.24) is 4.90 Å². The van der Waals surface area contributed by atoms with Crippen LogP contribution >= 0.6 is 0 Å². The zero-order valence-electron chi connectivity index (χ0n) is 12.4. The zero-order chi connectivity index (χ0) is 14.5. The minimum Gasteiger partial charge on any atom is -0.497 e. The van der Waals surface area contributed by atoms with Crippen LogP contribution in [0.15, 0.2) is 18.2 Å². The van der Waals surface area contributed by atoms with Crippen molar-refractivity contribution >= 4 is 11.6 Å². The average Bonchev–Trinajstić information content (AvgIpc) is 2.48. The van der Waals surface area contributed by atoms with Gasteiger partial charge in [-0.2, -0.15) is 0 Å². The number of nitrogens with zero attached hydrogens (tertiary/aromatic N) is 1. The van der Waals surface area contributed by atoms with Crippen LogP contribution in [0.4, 0.5) is 5.69 Å². The lowest BCUT2D eigenvalue weighted by Gasteiger charge is -2.32. The second-order valence-corrected chi connectivity index (χ2v) is 5.48. The molecule has 0 radical (unpaired) electrons. The highest BCUT2D eigenvalue weighted by molar-refractivity contribution is 5.99. The second kappa shape index (κ2) is 6.64. The molecule has 2 N–H and O–H groups in total. The van der Waals surface area contributed by atoms with Crippen molar-refractivity contribution in [2.45, 2.75) is 32.6 Å². The Morgan fingerprint density at radius 1 is 1.40 bits per heavy atom. The summed E-state index contributed by atoms with van der Waals surface area (Å²) in [6.07, 6.45) is 4.69. The third-order valence-corrected chi connectivity index (χ3v) is 4.09. The molecule has 1 heterocycles. The smallest absolute Gasteiger partial charge is 0.256 e. The molecule has 1 saturated heterocycles. The molecular formula is C16H24N2O2. The van der Waals surface area contributed by atoms with E-state index in [1.165, 1.54) is 12.8 Å². The molecule has 0 unspecified atom stereocenters. The summed E-state index contributed by atoms with van der Waals surface area (Å²) in [6.45, 7) is 3.88. The number of piperidine rings is 1. The molecule has 1 amide bonds. The van der Waals surface area contributed by atoms with E-state index in [4.69, 9.17) is 10.5 Å². The quantitative estimate of drug-likeness (QED) is 0.860. The number of likely N-dealkylation sites (tertiary alicyclic amines) is 1. The summed E-state index contributed by atoms with van der Waals surface area (Å²) >= 11 is 0. The summed E-state index contributed by atoms with van der Waals surface area (Å²) in [5, 5.41) is 0. The van der Waals surface area contributed by atoms with E-state index in [0.717, 1.165) is 31.8 Å². The highest BCUT2D eigenvalue weighted by Crippen LogP contribution is 2.25. The molecule has 0 saturated carbocycles. The van der Waals surface area contributed by atoms with E-state index < -0.39 is 0 Å². The third kappa shape index (κ3) is 3.24. The molecule has 0 aliphatic carbocycles. The normalized spacial score (nSPS) is 16.2. The van der Waals surface area contributed by atoms with Crippen LogP contribution in [0.3, 0.4) is 0 Å². The van der Waals surface area contributed by atoms with Gasteiger partial charge in [-0.25, -0.2) is 0 Å². The lowest BCUT2D eigenvalue weighted by molar-refractivity contribution is 0.0687. The fraction of sp³-hybridized carbons (Fsp3) is 0.562. The van der Waals surface area contributed by atoms with Crippen molar-refractivity contribution in [3.05, 3.63) is 23.8 Å². The lowest BCUT2D eigenvalue weighted by Crippen LogP contribution is -2.38. The van der Waals surface area contributed by atoms with Crippen LogP contribution in [0.25, 0.3) is 0 Å². The largest absolute Gasteiger partial charge is 0.497 e. The first-order valence-corrected chi connectivity index (χ1v) is 7.38. The van der Waals surface area contributed by atoms with Gasteiger partial charge in [-0.15, -0.1) is 0 Å². The van der Waals surface area contributed by atoms with Gasteiger partial charge in [0.1, 0.15) is 5.75 Å². The Balaban J connectivity index is 2.05. The summed E-state index contributed by atoms with van der Waals surface area (Å²) in [5.74, 6) is 1.46. The van der Waals surface area contributed by atoms with Crippen LogP contribution in [0.1, 0.15) is 43.0 Å². The Hall–Kier alpha value is -1.71. The number of rotatable bonds is 4. The zero-order valence-corrected chi connectivity index (χ0v) is 12.4. The summed E-state index contributed by atoms with van der Waals surface area (Å²) in [5.41, 5.74) is 7.00. The average molecular weight is 276 g/mol. The molecule has 0 spiro atoms. The van der Waals surface area contributed by atoms with Crippen LogP contribution < -0.4 is 10.5 Å². The van der Waals surface area contributed by atoms with E-state index in [2.05, 4.69) is 6.92 Å². The van der Waals surface area contributed by atoms with Crippen molar-refractivity contribution in [3.63, 3.8) is 0 Å². The summed E-state index contributed by atoms with van der Waals surface area (Å²) in [4.78, 5) is 14.5. The molecule has 0 aromatic heterocycles. The molecule has 110 valence electrons. The molecule has 1 aromatic carbocycles. The molecule has 20 heavy (non-hydrogen) atoms. The fourth-order valence-electron chi connectivity index (χ4n) is 2.85. The van der Waals surface area contributed by atoms with Gasteiger partial charge in [0, 0.05) is 18.8 Å². The standard InChI is InChI=1S/C16H24N2O2/c1-3-4-12-7-9-18(10-8-12)16(19)14-11-13(20-2)5-6-15(14)17/h5-6,11-12H,3-4,7-10,17H2,1-2H3. The Bertz CT molecular complexity index is 466. The topological polar surface area (TPSA) is 55.6 Å². The van der Waals surface area contributed by atoms with Crippen molar-refractivity contribution < 1.29 is 9.53 Å². The minimum atomic E-state index is 0.0244. The van der Waals surface area contributed by atoms with Gasteiger partial charge < -0.3 is 15.4 Å². The second-order valence-electron chi connectivity index (χ2n) is 5.48. The number of carbonyl (C=O) groups is 1. The van der Waals surface area contributed by atoms with E-state index in [0.29, 0.717) is 17.0 Å². The number of hydrogen-bond donors (Lipinski definition) is 1. The molecule has 1 aromatic rings. The van der Waals surface area contributed by atoms with Crippen LogP contribution in [0.5, 0.6) is 5.75 Å². The van der Waals surface area contributed by atoms with E-state index >= 15 is 0 Å². The predicted octanol–water partition coefficient (Wildman–Crippen LogP) is 2.93. The maximum Gasteiger partial charge on any atom is 0.256 e. The van der Waals surface area contributed by atoms with Crippen molar-refractivity contribution in [1.29, 1.82) is 0 Å². The first-order valence-electron chi connectivity index (χ1n) is 7.38. The maximum absolute atomic E-state index is 12.5. The van der Waals surface area contributed by atoms with Gasteiger partial charge in [-0.1, -0.05) is 19.8 Å². The van der Waals surface area contributed by atoms with Gasteiger partial charge in [0.15, 0.2) is 0 Å². The van der Waals surface area contributed by atoms with Crippen LogP contribution in [0, 0.1) is 5.92 Å². The molecule has 2 rings (SSSR count). The maximum atomic E-state index is 12.5. The SMILES string of the molecule is CCCC1CCN(C(=O)c2cc(OC)ccc2N)CC1. The molecule has 1 aliphatic heterocycles.